The van der Waals surface area contributed by atoms with E-state index in [9.17, 15) is 4.79 Å². The van der Waals surface area contributed by atoms with Crippen molar-refractivity contribution in [2.45, 2.75) is 39.7 Å². The average molecular weight is 432 g/mol. The van der Waals surface area contributed by atoms with Crippen molar-refractivity contribution in [3.63, 3.8) is 0 Å². The maximum absolute atomic E-state index is 13.1. The zero-order chi connectivity index (χ0) is 22.6. The van der Waals surface area contributed by atoms with Gasteiger partial charge >= 0.3 is 0 Å². The summed E-state index contributed by atoms with van der Waals surface area (Å²) < 4.78 is 3.47. The molecule has 1 aliphatic rings. The number of aromatic nitrogens is 5. The fourth-order valence-electron chi connectivity index (χ4n) is 4.71. The zero-order valence-corrected chi connectivity index (χ0v) is 19.3. The topological polar surface area (TPSA) is 71.0 Å². The van der Waals surface area contributed by atoms with E-state index >= 15 is 0 Å². The molecule has 0 spiro atoms. The number of hydrogen-bond donors (Lipinski definition) is 0. The van der Waals surface area contributed by atoms with E-state index in [-0.39, 0.29) is 5.56 Å². The van der Waals surface area contributed by atoms with Crippen molar-refractivity contribution < 1.29 is 0 Å². The quantitative estimate of drug-likeness (QED) is 0.497. The van der Waals surface area contributed by atoms with E-state index in [1.165, 1.54) is 0 Å². The largest absolute Gasteiger partial charge is 0.370 e. The van der Waals surface area contributed by atoms with Crippen molar-refractivity contribution in [3.8, 4) is 11.4 Å². The number of nitrogens with zero attached hydrogens (tertiary/aromatic N) is 7. The molecular formula is C24H29N7O. The second-order valence-electron chi connectivity index (χ2n) is 9.06. The van der Waals surface area contributed by atoms with E-state index in [1.54, 1.807) is 10.5 Å². The first-order valence-electron chi connectivity index (χ1n) is 11.1. The van der Waals surface area contributed by atoms with Crippen LogP contribution in [0.3, 0.4) is 0 Å². The Labute approximate surface area is 187 Å². The molecule has 8 nitrogen and oxygen atoms in total. The van der Waals surface area contributed by atoms with E-state index in [0.29, 0.717) is 23.1 Å². The first-order chi connectivity index (χ1) is 15.3. The van der Waals surface area contributed by atoms with Gasteiger partial charge in [0.2, 0.25) is 0 Å². The minimum atomic E-state index is -0.0961. The Morgan fingerprint density at radius 2 is 1.72 bits per heavy atom. The highest BCUT2D eigenvalue weighted by molar-refractivity contribution is 5.67. The van der Waals surface area contributed by atoms with Crippen LogP contribution in [0, 0.1) is 20.8 Å². The summed E-state index contributed by atoms with van der Waals surface area (Å²) in [7, 11) is 4.29. The fraction of sp³-hybridized carbons (Fsp3) is 0.417. The lowest BCUT2D eigenvalue weighted by molar-refractivity contribution is 0.249. The maximum atomic E-state index is 13.1. The van der Waals surface area contributed by atoms with Crippen molar-refractivity contribution in [1.29, 1.82) is 0 Å². The van der Waals surface area contributed by atoms with Crippen LogP contribution >= 0.6 is 0 Å². The highest BCUT2D eigenvalue weighted by Gasteiger charge is 2.22. The third-order valence-corrected chi connectivity index (χ3v) is 6.51. The van der Waals surface area contributed by atoms with Gasteiger partial charge in [-0.1, -0.05) is 0 Å². The summed E-state index contributed by atoms with van der Waals surface area (Å²) in [6.07, 6.45) is 6.06. The SMILES string of the molecule is Cc1cn2nc(-c3cc(=O)n4cc(N5CCC(N(C)C)CC5)cc(C)c4n3)cc2c(C)n1. The van der Waals surface area contributed by atoms with Crippen LogP contribution in [0.2, 0.25) is 0 Å². The molecule has 0 aromatic carbocycles. The first kappa shape index (κ1) is 20.6. The molecule has 32 heavy (non-hydrogen) atoms. The Kier molecular flexibility index (Phi) is 4.97. The molecule has 5 heterocycles. The molecule has 1 fully saturated rings. The summed E-state index contributed by atoms with van der Waals surface area (Å²) in [5, 5.41) is 4.65. The molecule has 0 atom stereocenters. The highest BCUT2D eigenvalue weighted by Crippen LogP contribution is 2.25. The number of fused-ring (bicyclic) bond motifs is 2. The minimum Gasteiger partial charge on any atom is -0.370 e. The second-order valence-corrected chi connectivity index (χ2v) is 9.06. The molecular weight excluding hydrogens is 402 g/mol. The number of aryl methyl sites for hydroxylation is 3. The van der Waals surface area contributed by atoms with Crippen LogP contribution in [0.4, 0.5) is 5.69 Å². The van der Waals surface area contributed by atoms with Crippen LogP contribution in [-0.4, -0.2) is 62.1 Å². The monoisotopic (exact) mass is 431 g/mol. The number of anilines is 1. The minimum absolute atomic E-state index is 0.0961. The van der Waals surface area contributed by atoms with Crippen LogP contribution in [0.5, 0.6) is 0 Å². The highest BCUT2D eigenvalue weighted by atomic mass is 16.1. The van der Waals surface area contributed by atoms with Crippen molar-refractivity contribution in [2.75, 3.05) is 32.1 Å². The van der Waals surface area contributed by atoms with E-state index in [0.717, 1.165) is 54.1 Å². The predicted octanol–water partition coefficient (Wildman–Crippen LogP) is 2.86. The Balaban J connectivity index is 1.54. The van der Waals surface area contributed by atoms with Crippen LogP contribution in [0.15, 0.2) is 35.4 Å². The molecule has 0 amide bonds. The molecule has 8 heteroatoms. The number of piperidine rings is 1. The summed E-state index contributed by atoms with van der Waals surface area (Å²) in [4.78, 5) is 27.1. The Bertz CT molecular complexity index is 1380. The molecule has 0 N–H and O–H groups in total. The molecule has 4 aromatic rings. The van der Waals surface area contributed by atoms with Crippen LogP contribution < -0.4 is 10.5 Å². The van der Waals surface area contributed by atoms with Crippen LogP contribution in [0.1, 0.15) is 29.8 Å². The summed E-state index contributed by atoms with van der Waals surface area (Å²) >= 11 is 0. The van der Waals surface area contributed by atoms with Gasteiger partial charge in [0.25, 0.3) is 5.56 Å². The van der Waals surface area contributed by atoms with Gasteiger partial charge in [-0.05, 0) is 65.4 Å². The summed E-state index contributed by atoms with van der Waals surface area (Å²) in [5.41, 5.74) is 6.61. The van der Waals surface area contributed by atoms with Gasteiger partial charge in [-0.25, -0.2) is 9.50 Å². The molecule has 0 unspecified atom stereocenters. The smallest absolute Gasteiger partial charge is 0.258 e. The number of pyridine rings is 1. The van der Waals surface area contributed by atoms with Gasteiger partial charge in [-0.3, -0.25) is 14.2 Å². The van der Waals surface area contributed by atoms with Crippen molar-refractivity contribution in [3.05, 3.63) is 57.9 Å². The molecule has 0 bridgehead atoms. The van der Waals surface area contributed by atoms with Crippen molar-refractivity contribution in [2.24, 2.45) is 0 Å². The van der Waals surface area contributed by atoms with Crippen molar-refractivity contribution >= 4 is 16.9 Å². The Morgan fingerprint density at radius 3 is 2.44 bits per heavy atom. The molecule has 1 saturated heterocycles. The maximum Gasteiger partial charge on any atom is 0.258 e. The molecule has 5 rings (SSSR count). The van der Waals surface area contributed by atoms with Gasteiger partial charge in [0.1, 0.15) is 11.3 Å². The summed E-state index contributed by atoms with van der Waals surface area (Å²) in [6.45, 7) is 7.90. The van der Waals surface area contributed by atoms with Gasteiger partial charge in [-0.2, -0.15) is 5.10 Å². The lowest BCUT2D eigenvalue weighted by Gasteiger charge is -2.36. The Hall–Kier alpha value is -3.26. The van der Waals surface area contributed by atoms with E-state index < -0.39 is 0 Å². The summed E-state index contributed by atoms with van der Waals surface area (Å²) in [6, 6.07) is 6.28. The predicted molar refractivity (Wildman–Crippen MR) is 127 cm³/mol. The van der Waals surface area contributed by atoms with Crippen LogP contribution in [0.25, 0.3) is 22.6 Å². The summed E-state index contributed by atoms with van der Waals surface area (Å²) in [5.74, 6) is 0. The van der Waals surface area contributed by atoms with E-state index in [1.807, 2.05) is 43.7 Å². The van der Waals surface area contributed by atoms with Gasteiger partial charge < -0.3 is 9.80 Å². The molecule has 166 valence electrons. The van der Waals surface area contributed by atoms with Gasteiger partial charge in [0.05, 0.1) is 34.5 Å². The normalized spacial score (nSPS) is 15.4. The average Bonchev–Trinajstić information content (AvgIpc) is 3.18. The second kappa shape index (κ2) is 7.70. The molecule has 1 aliphatic heterocycles. The fourth-order valence-corrected chi connectivity index (χ4v) is 4.71. The molecule has 0 saturated carbocycles. The number of hydrogen-bond acceptors (Lipinski definition) is 6. The molecule has 4 aromatic heterocycles. The van der Waals surface area contributed by atoms with Gasteiger partial charge in [0, 0.05) is 31.4 Å². The third kappa shape index (κ3) is 3.54. The van der Waals surface area contributed by atoms with E-state index in [2.05, 4.69) is 40.0 Å². The van der Waals surface area contributed by atoms with Gasteiger partial charge in [0.15, 0.2) is 0 Å². The Morgan fingerprint density at radius 1 is 0.969 bits per heavy atom. The number of rotatable bonds is 3. The lowest BCUT2D eigenvalue weighted by Crippen LogP contribution is -2.42. The lowest BCUT2D eigenvalue weighted by atomic mass is 10.0. The molecule has 0 radical (unpaired) electrons. The van der Waals surface area contributed by atoms with Crippen molar-refractivity contribution in [1.82, 2.24) is 28.9 Å². The third-order valence-electron chi connectivity index (χ3n) is 6.51. The van der Waals surface area contributed by atoms with Crippen LogP contribution in [-0.2, 0) is 0 Å². The standard InChI is InChI=1S/C24H29N7O/c1-15-10-19(29-8-6-18(7-9-29)28(4)5)14-30-23(32)12-20(26-24(15)30)21-11-22-17(3)25-16(2)13-31(22)27-21/h10-14,18H,6-9H2,1-5H3. The first-order valence-corrected chi connectivity index (χ1v) is 11.1. The van der Waals surface area contributed by atoms with Gasteiger partial charge in [-0.15, -0.1) is 0 Å². The van der Waals surface area contributed by atoms with E-state index in [4.69, 9.17) is 4.98 Å². The zero-order valence-electron chi connectivity index (χ0n) is 19.3. The molecule has 0 aliphatic carbocycles.